The number of hydrogen-bond donors (Lipinski definition) is 0. The number of rotatable bonds is 4. The summed E-state index contributed by atoms with van der Waals surface area (Å²) in [6.45, 7) is 6.10. The van der Waals surface area contributed by atoms with Crippen LogP contribution in [0.15, 0.2) is 28.9 Å². The van der Waals surface area contributed by atoms with Crippen LogP contribution in [0.25, 0.3) is 0 Å². The molecule has 1 fully saturated rings. The van der Waals surface area contributed by atoms with E-state index < -0.39 is 4.92 Å². The molecule has 0 N–H and O–H groups in total. The zero-order chi connectivity index (χ0) is 15.5. The number of nitrogens with zero attached hydrogens (tertiary/aromatic N) is 5. The van der Waals surface area contributed by atoms with Crippen molar-refractivity contribution in [1.29, 1.82) is 0 Å². The van der Waals surface area contributed by atoms with Gasteiger partial charge in [0.25, 0.3) is 5.69 Å². The molecule has 0 bridgehead atoms. The lowest BCUT2D eigenvalue weighted by atomic mass is 10.2. The van der Waals surface area contributed by atoms with Crippen LogP contribution in [0.5, 0.6) is 0 Å². The van der Waals surface area contributed by atoms with Crippen LogP contribution >= 0.6 is 0 Å². The largest absolute Gasteiger partial charge is 0.360 e. The van der Waals surface area contributed by atoms with E-state index in [1.807, 2.05) is 13.0 Å². The Kier molecular flexibility index (Phi) is 4.01. The van der Waals surface area contributed by atoms with Crippen molar-refractivity contribution < 1.29 is 9.45 Å². The second-order valence-electron chi connectivity index (χ2n) is 5.33. The summed E-state index contributed by atoms with van der Waals surface area (Å²) in [5.41, 5.74) is 0.909. The summed E-state index contributed by atoms with van der Waals surface area (Å²) in [6, 6.07) is 5.14. The molecule has 22 heavy (non-hydrogen) atoms. The van der Waals surface area contributed by atoms with E-state index in [9.17, 15) is 10.1 Å². The Hall–Kier alpha value is -2.48. The molecule has 3 rings (SSSR count). The van der Waals surface area contributed by atoms with Gasteiger partial charge in [-0.2, -0.15) is 0 Å². The number of piperazine rings is 1. The Balaban J connectivity index is 1.56. The summed E-state index contributed by atoms with van der Waals surface area (Å²) in [5.74, 6) is 1.65. The summed E-state index contributed by atoms with van der Waals surface area (Å²) in [5, 5.41) is 14.5. The lowest BCUT2D eigenvalue weighted by molar-refractivity contribution is -0.385. The molecule has 0 radical (unpaired) electrons. The topological polar surface area (TPSA) is 88.5 Å². The van der Waals surface area contributed by atoms with Gasteiger partial charge in [-0.1, -0.05) is 5.16 Å². The van der Waals surface area contributed by atoms with Crippen molar-refractivity contribution in [2.24, 2.45) is 0 Å². The fraction of sp³-hybridized carbons (Fsp3) is 0.429. The third-order valence-electron chi connectivity index (χ3n) is 3.70. The third kappa shape index (κ3) is 3.22. The standard InChI is InChI=1S/C14H17N5O3/c1-11-8-13(22-16-11)10-17-4-6-18(7-5-17)14-3-2-12(9-15-14)19(20)21/h2-3,8-9H,4-7,10H2,1H3. The highest BCUT2D eigenvalue weighted by atomic mass is 16.6. The molecular formula is C14H17N5O3. The van der Waals surface area contributed by atoms with Gasteiger partial charge < -0.3 is 9.42 Å². The zero-order valence-electron chi connectivity index (χ0n) is 12.3. The maximum absolute atomic E-state index is 10.6. The summed E-state index contributed by atoms with van der Waals surface area (Å²) in [4.78, 5) is 18.8. The van der Waals surface area contributed by atoms with E-state index in [4.69, 9.17) is 4.52 Å². The van der Waals surface area contributed by atoms with E-state index in [-0.39, 0.29) is 5.69 Å². The van der Waals surface area contributed by atoms with Crippen molar-refractivity contribution in [3.8, 4) is 0 Å². The minimum absolute atomic E-state index is 0.0167. The smallest absolute Gasteiger partial charge is 0.287 e. The quantitative estimate of drug-likeness (QED) is 0.626. The second kappa shape index (κ2) is 6.10. The van der Waals surface area contributed by atoms with Gasteiger partial charge in [-0.25, -0.2) is 4.98 Å². The maximum atomic E-state index is 10.6. The number of nitro groups is 1. The monoisotopic (exact) mass is 303 g/mol. The molecule has 0 amide bonds. The Bertz CT molecular complexity index is 647. The van der Waals surface area contributed by atoms with Crippen molar-refractivity contribution in [1.82, 2.24) is 15.0 Å². The highest BCUT2D eigenvalue weighted by Gasteiger charge is 2.19. The molecule has 1 aliphatic rings. The molecule has 0 unspecified atom stereocenters. The number of hydrogen-bond acceptors (Lipinski definition) is 7. The average Bonchev–Trinajstić information content (AvgIpc) is 2.93. The van der Waals surface area contributed by atoms with Crippen LogP contribution in [0.3, 0.4) is 0 Å². The van der Waals surface area contributed by atoms with Gasteiger partial charge >= 0.3 is 0 Å². The maximum Gasteiger partial charge on any atom is 0.287 e. The predicted molar refractivity (Wildman–Crippen MR) is 79.6 cm³/mol. The molecule has 2 aromatic rings. The molecule has 1 saturated heterocycles. The molecule has 8 nitrogen and oxygen atoms in total. The van der Waals surface area contributed by atoms with Crippen molar-refractivity contribution in [3.05, 3.63) is 46.0 Å². The highest BCUT2D eigenvalue weighted by Crippen LogP contribution is 2.18. The van der Waals surface area contributed by atoms with Crippen LogP contribution in [-0.4, -0.2) is 46.1 Å². The minimum atomic E-state index is -0.436. The molecule has 0 atom stereocenters. The Morgan fingerprint density at radius 1 is 1.32 bits per heavy atom. The highest BCUT2D eigenvalue weighted by molar-refractivity contribution is 5.43. The van der Waals surface area contributed by atoms with Crippen LogP contribution in [-0.2, 0) is 6.54 Å². The molecule has 0 spiro atoms. The summed E-state index contributed by atoms with van der Waals surface area (Å²) >= 11 is 0. The van der Waals surface area contributed by atoms with Crippen molar-refractivity contribution >= 4 is 11.5 Å². The molecule has 116 valence electrons. The summed E-state index contributed by atoms with van der Waals surface area (Å²) < 4.78 is 5.23. The van der Waals surface area contributed by atoms with Crippen molar-refractivity contribution in [2.45, 2.75) is 13.5 Å². The van der Waals surface area contributed by atoms with E-state index >= 15 is 0 Å². The van der Waals surface area contributed by atoms with Gasteiger partial charge in [0.1, 0.15) is 12.0 Å². The fourth-order valence-corrected chi connectivity index (χ4v) is 2.52. The number of aromatic nitrogens is 2. The van der Waals surface area contributed by atoms with Gasteiger partial charge in [0, 0.05) is 38.3 Å². The molecular weight excluding hydrogens is 286 g/mol. The first-order valence-electron chi connectivity index (χ1n) is 7.12. The van der Waals surface area contributed by atoms with E-state index in [1.165, 1.54) is 12.3 Å². The number of anilines is 1. The van der Waals surface area contributed by atoms with Gasteiger partial charge in [-0.15, -0.1) is 0 Å². The first kappa shape index (κ1) is 14.5. The number of pyridine rings is 1. The predicted octanol–water partition coefficient (Wildman–Crippen LogP) is 1.61. The molecule has 0 saturated carbocycles. The Morgan fingerprint density at radius 2 is 2.09 bits per heavy atom. The SMILES string of the molecule is Cc1cc(CN2CCN(c3ccc([N+](=O)[O-])cn3)CC2)on1. The average molecular weight is 303 g/mol. The van der Waals surface area contributed by atoms with Crippen LogP contribution in [0.1, 0.15) is 11.5 Å². The van der Waals surface area contributed by atoms with E-state index in [0.717, 1.165) is 50.0 Å². The Labute approximate surface area is 127 Å². The molecule has 0 aromatic carbocycles. The minimum Gasteiger partial charge on any atom is -0.360 e. The lowest BCUT2D eigenvalue weighted by Gasteiger charge is -2.34. The normalized spacial score (nSPS) is 16.0. The zero-order valence-corrected chi connectivity index (χ0v) is 12.3. The molecule has 0 aliphatic carbocycles. The van der Waals surface area contributed by atoms with Crippen LogP contribution in [0.2, 0.25) is 0 Å². The summed E-state index contributed by atoms with van der Waals surface area (Å²) in [6.07, 6.45) is 1.30. The first-order valence-corrected chi connectivity index (χ1v) is 7.12. The van der Waals surface area contributed by atoms with Crippen molar-refractivity contribution in [3.63, 3.8) is 0 Å². The van der Waals surface area contributed by atoms with Crippen LogP contribution < -0.4 is 4.90 Å². The fourth-order valence-electron chi connectivity index (χ4n) is 2.52. The number of aryl methyl sites for hydroxylation is 1. The first-order chi connectivity index (χ1) is 10.6. The second-order valence-corrected chi connectivity index (χ2v) is 5.33. The molecule has 2 aromatic heterocycles. The van der Waals surface area contributed by atoms with E-state index in [0.29, 0.717) is 0 Å². The molecule has 3 heterocycles. The van der Waals surface area contributed by atoms with E-state index in [2.05, 4.69) is 19.9 Å². The molecule has 8 heteroatoms. The van der Waals surface area contributed by atoms with E-state index in [1.54, 1.807) is 6.07 Å². The van der Waals surface area contributed by atoms with Gasteiger partial charge in [-0.3, -0.25) is 15.0 Å². The van der Waals surface area contributed by atoms with Gasteiger partial charge in [0.2, 0.25) is 0 Å². The van der Waals surface area contributed by atoms with Crippen LogP contribution in [0.4, 0.5) is 11.5 Å². The van der Waals surface area contributed by atoms with Gasteiger partial charge in [0.15, 0.2) is 5.76 Å². The third-order valence-corrected chi connectivity index (χ3v) is 3.70. The summed E-state index contributed by atoms with van der Waals surface area (Å²) in [7, 11) is 0. The van der Waals surface area contributed by atoms with Crippen molar-refractivity contribution in [2.75, 3.05) is 31.1 Å². The van der Waals surface area contributed by atoms with Gasteiger partial charge in [0.05, 0.1) is 17.2 Å². The molecule has 1 aliphatic heterocycles. The lowest BCUT2D eigenvalue weighted by Crippen LogP contribution is -2.46. The Morgan fingerprint density at radius 3 is 2.64 bits per heavy atom. The van der Waals surface area contributed by atoms with Crippen LogP contribution in [0, 0.1) is 17.0 Å². The van der Waals surface area contributed by atoms with Gasteiger partial charge in [-0.05, 0) is 13.0 Å².